The quantitative estimate of drug-likeness (QED) is 0.855. The molecule has 104 valence electrons. The zero-order valence-electron chi connectivity index (χ0n) is 12.0. The molecule has 3 heteroatoms. The minimum absolute atomic E-state index is 0.855. The van der Waals surface area contributed by atoms with E-state index in [2.05, 4.69) is 20.4 Å². The molecule has 2 nitrogen and oxygen atoms in total. The van der Waals surface area contributed by atoms with E-state index in [4.69, 9.17) is 5.11 Å². The van der Waals surface area contributed by atoms with Gasteiger partial charge in [0.1, 0.15) is 0 Å². The van der Waals surface area contributed by atoms with E-state index in [1.165, 1.54) is 5.57 Å². The molecule has 0 aliphatic carbocycles. The van der Waals surface area contributed by atoms with Crippen molar-refractivity contribution in [1.29, 1.82) is 0 Å². The number of allylic oxidation sites excluding steroid dienone is 5. The minimum Gasteiger partial charge on any atom is -0.400 e. The lowest BCUT2D eigenvalue weighted by Gasteiger charge is -2.07. The van der Waals surface area contributed by atoms with Crippen LogP contribution in [0.1, 0.15) is 19.4 Å². The van der Waals surface area contributed by atoms with Gasteiger partial charge in [-0.15, -0.1) is 0 Å². The molecular formula is C16H22O2S. The van der Waals surface area contributed by atoms with E-state index in [0.717, 1.165) is 23.1 Å². The van der Waals surface area contributed by atoms with E-state index in [1.807, 2.05) is 36.4 Å². The van der Waals surface area contributed by atoms with Gasteiger partial charge in [0.2, 0.25) is 0 Å². The molecule has 0 spiro atoms. The molecule has 1 aromatic carbocycles. The summed E-state index contributed by atoms with van der Waals surface area (Å²) in [6, 6.07) is 7.84. The predicted octanol–water partition coefficient (Wildman–Crippen LogP) is 3.57. The van der Waals surface area contributed by atoms with Gasteiger partial charge in [-0.1, -0.05) is 42.5 Å². The molecule has 1 aromatic rings. The lowest BCUT2D eigenvalue weighted by atomic mass is 10.0. The van der Waals surface area contributed by atoms with Gasteiger partial charge in [-0.3, -0.25) is 4.21 Å². The molecule has 0 saturated carbocycles. The minimum atomic E-state index is -0.942. The van der Waals surface area contributed by atoms with Crippen molar-refractivity contribution >= 4 is 16.4 Å². The van der Waals surface area contributed by atoms with Gasteiger partial charge in [0, 0.05) is 29.1 Å². The summed E-state index contributed by atoms with van der Waals surface area (Å²) in [4.78, 5) is 0.855. The van der Waals surface area contributed by atoms with Crippen LogP contribution >= 0.6 is 0 Å². The number of hydrogen-bond donors (Lipinski definition) is 1. The SMILES string of the molecule is C=C/C=C\C(=C(C)C)c1cccc(S(C)=O)c1.CO. The molecule has 0 bridgehead atoms. The smallest absolute Gasteiger partial charge is 0.0498 e. The Balaban J connectivity index is 0.00000154. The maximum absolute atomic E-state index is 11.5. The Kier molecular flexibility index (Phi) is 8.75. The molecule has 0 heterocycles. The number of rotatable bonds is 4. The Morgan fingerprint density at radius 2 is 1.95 bits per heavy atom. The largest absolute Gasteiger partial charge is 0.400 e. The standard InChI is InChI=1S/C15H18OS.CH4O/c1-5-6-10-15(12(2)3)13-8-7-9-14(11-13)17(4)16;1-2/h5-11H,1H2,2-4H3;2H,1H3/b10-6-;. The van der Waals surface area contributed by atoms with Crippen molar-refractivity contribution in [2.24, 2.45) is 0 Å². The molecule has 1 unspecified atom stereocenters. The molecule has 19 heavy (non-hydrogen) atoms. The summed E-state index contributed by atoms with van der Waals surface area (Å²) in [7, 11) is 0.0584. The maximum atomic E-state index is 11.5. The molecule has 0 amide bonds. The molecule has 1 N–H and O–H groups in total. The third kappa shape index (κ3) is 5.81. The Hall–Kier alpha value is -1.45. The molecule has 0 aliphatic heterocycles. The molecule has 1 atom stereocenters. The van der Waals surface area contributed by atoms with Crippen LogP contribution in [0.25, 0.3) is 5.57 Å². The average Bonchev–Trinajstić information content (AvgIpc) is 2.41. The van der Waals surface area contributed by atoms with Gasteiger partial charge >= 0.3 is 0 Å². The van der Waals surface area contributed by atoms with E-state index in [0.29, 0.717) is 0 Å². The summed E-state index contributed by atoms with van der Waals surface area (Å²) in [6.45, 7) is 7.81. The van der Waals surface area contributed by atoms with Gasteiger partial charge in [0.25, 0.3) is 0 Å². The highest BCUT2D eigenvalue weighted by atomic mass is 32.2. The van der Waals surface area contributed by atoms with Crippen molar-refractivity contribution in [3.63, 3.8) is 0 Å². The fourth-order valence-corrected chi connectivity index (χ4v) is 2.12. The van der Waals surface area contributed by atoms with Crippen molar-refractivity contribution < 1.29 is 9.32 Å². The lowest BCUT2D eigenvalue weighted by molar-refractivity contribution is 0.399. The molecule has 0 radical (unpaired) electrons. The zero-order valence-corrected chi connectivity index (χ0v) is 12.8. The summed E-state index contributed by atoms with van der Waals surface area (Å²) >= 11 is 0. The number of hydrogen-bond acceptors (Lipinski definition) is 2. The van der Waals surface area contributed by atoms with E-state index >= 15 is 0 Å². The van der Waals surface area contributed by atoms with Gasteiger partial charge in [0.15, 0.2) is 0 Å². The van der Waals surface area contributed by atoms with Gasteiger partial charge in [-0.2, -0.15) is 0 Å². The molecule has 1 rings (SSSR count). The second kappa shape index (κ2) is 9.48. The Morgan fingerprint density at radius 1 is 1.32 bits per heavy atom. The average molecular weight is 278 g/mol. The van der Waals surface area contributed by atoms with Crippen LogP contribution in [0.5, 0.6) is 0 Å². The van der Waals surface area contributed by atoms with Crippen LogP contribution < -0.4 is 0 Å². The number of aliphatic hydroxyl groups excluding tert-OH is 1. The van der Waals surface area contributed by atoms with E-state index < -0.39 is 10.8 Å². The van der Waals surface area contributed by atoms with Crippen LogP contribution in [0.15, 0.2) is 59.5 Å². The molecule has 0 fully saturated rings. The molecule has 0 saturated heterocycles. The van der Waals surface area contributed by atoms with Crippen molar-refractivity contribution in [2.75, 3.05) is 13.4 Å². The third-order valence-electron chi connectivity index (χ3n) is 2.41. The highest BCUT2D eigenvalue weighted by molar-refractivity contribution is 7.84. The Labute approximate surface area is 118 Å². The van der Waals surface area contributed by atoms with Gasteiger partial charge in [-0.25, -0.2) is 0 Å². The first kappa shape index (κ1) is 17.6. The first-order valence-corrected chi connectivity index (χ1v) is 7.47. The van der Waals surface area contributed by atoms with Gasteiger partial charge in [0.05, 0.1) is 0 Å². The summed E-state index contributed by atoms with van der Waals surface area (Å²) in [6.07, 6.45) is 7.39. The van der Waals surface area contributed by atoms with E-state index in [9.17, 15) is 4.21 Å². The van der Waals surface area contributed by atoms with Crippen LogP contribution in [0, 0.1) is 0 Å². The summed E-state index contributed by atoms with van der Waals surface area (Å²) < 4.78 is 11.5. The predicted molar refractivity (Wildman–Crippen MR) is 84.5 cm³/mol. The van der Waals surface area contributed by atoms with Crippen LogP contribution in [0.2, 0.25) is 0 Å². The summed E-state index contributed by atoms with van der Waals surface area (Å²) in [5.74, 6) is 0. The van der Waals surface area contributed by atoms with Gasteiger partial charge < -0.3 is 5.11 Å². The monoisotopic (exact) mass is 278 g/mol. The van der Waals surface area contributed by atoms with E-state index in [-0.39, 0.29) is 0 Å². The lowest BCUT2D eigenvalue weighted by Crippen LogP contribution is -1.90. The Bertz CT molecular complexity index is 495. The highest BCUT2D eigenvalue weighted by Gasteiger charge is 2.03. The fourth-order valence-electron chi connectivity index (χ4n) is 1.56. The van der Waals surface area contributed by atoms with Crippen molar-refractivity contribution in [2.45, 2.75) is 18.7 Å². The topological polar surface area (TPSA) is 37.3 Å². The molecule has 0 aliphatic rings. The van der Waals surface area contributed by atoms with E-state index in [1.54, 1.807) is 12.3 Å². The third-order valence-corrected chi connectivity index (χ3v) is 3.33. The van der Waals surface area contributed by atoms with Crippen molar-refractivity contribution in [1.82, 2.24) is 0 Å². The van der Waals surface area contributed by atoms with Crippen LogP contribution in [0.4, 0.5) is 0 Å². The first-order valence-electron chi connectivity index (χ1n) is 5.91. The van der Waals surface area contributed by atoms with Crippen LogP contribution in [0.3, 0.4) is 0 Å². The van der Waals surface area contributed by atoms with Crippen LogP contribution in [-0.4, -0.2) is 22.7 Å². The number of benzene rings is 1. The second-order valence-electron chi connectivity index (χ2n) is 3.99. The number of aliphatic hydroxyl groups is 1. The van der Waals surface area contributed by atoms with Crippen molar-refractivity contribution in [3.8, 4) is 0 Å². The Morgan fingerprint density at radius 3 is 2.42 bits per heavy atom. The van der Waals surface area contributed by atoms with Crippen LogP contribution in [-0.2, 0) is 10.8 Å². The molecular weight excluding hydrogens is 256 g/mol. The fraction of sp³-hybridized carbons (Fsp3) is 0.250. The maximum Gasteiger partial charge on any atom is 0.0498 e. The van der Waals surface area contributed by atoms with Crippen molar-refractivity contribution in [3.05, 3.63) is 60.2 Å². The van der Waals surface area contributed by atoms with Gasteiger partial charge in [-0.05, 0) is 37.1 Å². The summed E-state index contributed by atoms with van der Waals surface area (Å²) in [5, 5.41) is 7.00. The highest BCUT2D eigenvalue weighted by Crippen LogP contribution is 2.22. The normalized spacial score (nSPS) is 11.4. The zero-order chi connectivity index (χ0) is 14.8. The second-order valence-corrected chi connectivity index (χ2v) is 5.37. The molecule has 0 aromatic heterocycles. The first-order chi connectivity index (χ1) is 9.06. The summed E-state index contributed by atoms with van der Waals surface area (Å²) in [5.41, 5.74) is 3.47.